The number of carbonyl (C=O) groups is 1. The highest BCUT2D eigenvalue weighted by molar-refractivity contribution is 5.87. The molecule has 0 amide bonds. The van der Waals surface area contributed by atoms with Crippen LogP contribution >= 0.6 is 0 Å². The maximum Gasteiger partial charge on any atom is 0.284 e. The molecule has 0 aliphatic carbocycles. The Morgan fingerprint density at radius 3 is 2.94 bits per heavy atom. The second kappa shape index (κ2) is 3.62. The van der Waals surface area contributed by atoms with E-state index in [1.54, 1.807) is 0 Å². The Labute approximate surface area is 90.2 Å². The van der Waals surface area contributed by atoms with Gasteiger partial charge in [-0.05, 0) is 0 Å². The lowest BCUT2D eigenvalue weighted by Gasteiger charge is -2.04. The van der Waals surface area contributed by atoms with Crippen LogP contribution in [0, 0.1) is 21.4 Å². The maximum absolute atomic E-state index is 10.8. The molecule has 1 heterocycles. The Balaban J connectivity index is 2.80. The minimum atomic E-state index is -0.688. The van der Waals surface area contributed by atoms with Gasteiger partial charge in [0, 0.05) is 12.0 Å². The van der Waals surface area contributed by atoms with Crippen LogP contribution in [0.2, 0.25) is 0 Å². The number of nitro benzene ring substituents is 1. The lowest BCUT2D eigenvalue weighted by Crippen LogP contribution is -2.00. The van der Waals surface area contributed by atoms with Crippen LogP contribution in [0.5, 0.6) is 5.75 Å². The van der Waals surface area contributed by atoms with Crippen LogP contribution in [0.4, 0.5) is 5.69 Å². The first-order chi connectivity index (χ1) is 7.69. The van der Waals surface area contributed by atoms with Gasteiger partial charge in [0.05, 0.1) is 23.2 Å². The first kappa shape index (κ1) is 10.1. The summed E-state index contributed by atoms with van der Waals surface area (Å²) in [6.45, 7) is 0.378. The quantitative estimate of drug-likeness (QED) is 0.422. The molecule has 1 aromatic rings. The van der Waals surface area contributed by atoms with Crippen molar-refractivity contribution < 1.29 is 14.5 Å². The van der Waals surface area contributed by atoms with Gasteiger partial charge in [0.15, 0.2) is 6.29 Å². The number of hydrogen-bond donors (Lipinski definition) is 0. The first-order valence-corrected chi connectivity index (χ1v) is 4.51. The van der Waals surface area contributed by atoms with E-state index in [4.69, 9.17) is 10.00 Å². The summed E-state index contributed by atoms with van der Waals surface area (Å²) in [5.74, 6) is 0.328. The number of rotatable bonds is 2. The molecule has 0 atom stereocenters. The van der Waals surface area contributed by atoms with Gasteiger partial charge in [0.1, 0.15) is 17.4 Å². The molecule has 0 fully saturated rings. The molecular formula is C10H6N2O4. The molecule has 1 aliphatic rings. The largest absolute Gasteiger partial charge is 0.493 e. The topological polar surface area (TPSA) is 93.2 Å². The van der Waals surface area contributed by atoms with Crippen molar-refractivity contribution in [3.63, 3.8) is 0 Å². The van der Waals surface area contributed by atoms with E-state index in [2.05, 4.69) is 0 Å². The van der Waals surface area contributed by atoms with Crippen LogP contribution in [0.3, 0.4) is 0 Å². The van der Waals surface area contributed by atoms with E-state index >= 15 is 0 Å². The molecular weight excluding hydrogens is 212 g/mol. The van der Waals surface area contributed by atoms with Crippen molar-refractivity contribution in [2.45, 2.75) is 6.42 Å². The van der Waals surface area contributed by atoms with Crippen LogP contribution < -0.4 is 4.74 Å². The zero-order valence-electron chi connectivity index (χ0n) is 8.10. The molecule has 1 aliphatic heterocycles. The molecule has 6 heteroatoms. The summed E-state index contributed by atoms with van der Waals surface area (Å²) in [5.41, 5.74) is 0.0795. The smallest absolute Gasteiger partial charge is 0.284 e. The summed E-state index contributed by atoms with van der Waals surface area (Å²) in [5, 5.41) is 19.7. The SMILES string of the molecule is N#Cc1c(C=O)c([N+](=O)[O-])cc2c1CCO2. The molecule has 80 valence electrons. The molecule has 2 rings (SSSR count). The van der Waals surface area contributed by atoms with Crippen LogP contribution in [0.1, 0.15) is 21.5 Å². The summed E-state index contributed by atoms with van der Waals surface area (Å²) in [6, 6.07) is 3.03. The van der Waals surface area contributed by atoms with E-state index in [-0.39, 0.29) is 16.8 Å². The molecule has 0 bridgehead atoms. The third kappa shape index (κ3) is 1.30. The Morgan fingerprint density at radius 2 is 2.38 bits per heavy atom. The summed E-state index contributed by atoms with van der Waals surface area (Å²) < 4.78 is 5.16. The average Bonchev–Trinajstić information content (AvgIpc) is 2.73. The standard InChI is InChI=1S/C10H6N2O4/c11-4-7-6-1-2-16-10(6)3-9(12(14)15)8(7)5-13/h3,5H,1-2H2. The molecule has 16 heavy (non-hydrogen) atoms. The molecule has 0 aromatic heterocycles. The van der Waals surface area contributed by atoms with Gasteiger partial charge in [-0.15, -0.1) is 0 Å². The molecule has 0 saturated heterocycles. The summed E-state index contributed by atoms with van der Waals surface area (Å²) >= 11 is 0. The Hall–Kier alpha value is -2.42. The fourth-order valence-electron chi connectivity index (χ4n) is 1.74. The molecule has 0 spiro atoms. The number of nitro groups is 1. The monoisotopic (exact) mass is 218 g/mol. The van der Waals surface area contributed by atoms with Gasteiger partial charge >= 0.3 is 0 Å². The summed E-state index contributed by atoms with van der Waals surface area (Å²) in [4.78, 5) is 20.9. The number of aldehydes is 1. The predicted molar refractivity (Wildman–Crippen MR) is 52.4 cm³/mol. The highest BCUT2D eigenvalue weighted by Gasteiger charge is 2.27. The van der Waals surface area contributed by atoms with Crippen molar-refractivity contribution in [2.24, 2.45) is 0 Å². The van der Waals surface area contributed by atoms with Crippen molar-refractivity contribution >= 4 is 12.0 Å². The van der Waals surface area contributed by atoms with E-state index in [0.717, 1.165) is 0 Å². The number of benzene rings is 1. The minimum Gasteiger partial charge on any atom is -0.493 e. The summed E-state index contributed by atoms with van der Waals surface area (Å²) in [7, 11) is 0. The average molecular weight is 218 g/mol. The zero-order valence-corrected chi connectivity index (χ0v) is 8.10. The van der Waals surface area contributed by atoms with Crippen LogP contribution in [-0.4, -0.2) is 17.8 Å². The van der Waals surface area contributed by atoms with Crippen LogP contribution in [-0.2, 0) is 6.42 Å². The van der Waals surface area contributed by atoms with Gasteiger partial charge in [0.2, 0.25) is 0 Å². The molecule has 6 nitrogen and oxygen atoms in total. The maximum atomic E-state index is 10.8. The van der Waals surface area contributed by atoms with E-state index in [1.807, 2.05) is 6.07 Å². The first-order valence-electron chi connectivity index (χ1n) is 4.51. The Kier molecular flexibility index (Phi) is 2.29. The lowest BCUT2D eigenvalue weighted by atomic mass is 9.99. The van der Waals surface area contributed by atoms with Gasteiger partial charge in [-0.25, -0.2) is 0 Å². The number of nitrogens with zero attached hydrogens (tertiary/aromatic N) is 2. The third-order valence-corrected chi connectivity index (χ3v) is 2.45. The minimum absolute atomic E-state index is 0.0525. The normalized spacial score (nSPS) is 12.4. The van der Waals surface area contributed by atoms with Crippen LogP contribution in [0.25, 0.3) is 0 Å². The van der Waals surface area contributed by atoms with Crippen molar-refractivity contribution in [3.05, 3.63) is 32.9 Å². The van der Waals surface area contributed by atoms with E-state index in [0.29, 0.717) is 30.6 Å². The predicted octanol–water partition coefficient (Wildman–Crippen LogP) is 1.21. The van der Waals surface area contributed by atoms with Gasteiger partial charge in [-0.1, -0.05) is 0 Å². The van der Waals surface area contributed by atoms with Crippen molar-refractivity contribution in [3.8, 4) is 11.8 Å². The third-order valence-electron chi connectivity index (χ3n) is 2.45. The van der Waals surface area contributed by atoms with Gasteiger partial charge in [-0.3, -0.25) is 14.9 Å². The summed E-state index contributed by atoms with van der Waals surface area (Å²) in [6.07, 6.45) is 0.840. The van der Waals surface area contributed by atoms with E-state index in [9.17, 15) is 14.9 Å². The highest BCUT2D eigenvalue weighted by Crippen LogP contribution is 2.35. The molecule has 0 saturated carbocycles. The zero-order chi connectivity index (χ0) is 11.7. The van der Waals surface area contributed by atoms with E-state index < -0.39 is 4.92 Å². The van der Waals surface area contributed by atoms with E-state index in [1.165, 1.54) is 6.07 Å². The molecule has 0 unspecified atom stereocenters. The van der Waals surface area contributed by atoms with Crippen molar-refractivity contribution in [1.82, 2.24) is 0 Å². The molecule has 1 aromatic carbocycles. The second-order valence-corrected chi connectivity index (χ2v) is 3.25. The van der Waals surface area contributed by atoms with Gasteiger partial charge in [0.25, 0.3) is 5.69 Å². The van der Waals surface area contributed by atoms with Crippen molar-refractivity contribution in [1.29, 1.82) is 5.26 Å². The fraction of sp³-hybridized carbons (Fsp3) is 0.200. The van der Waals surface area contributed by atoms with Gasteiger partial charge < -0.3 is 4.74 Å². The number of nitriles is 1. The number of carbonyl (C=O) groups excluding carboxylic acids is 1. The fourth-order valence-corrected chi connectivity index (χ4v) is 1.74. The number of fused-ring (bicyclic) bond motifs is 1. The molecule has 0 N–H and O–H groups in total. The Bertz CT molecular complexity index is 531. The van der Waals surface area contributed by atoms with Gasteiger partial charge in [-0.2, -0.15) is 5.26 Å². The Morgan fingerprint density at radius 1 is 1.62 bits per heavy atom. The second-order valence-electron chi connectivity index (χ2n) is 3.25. The van der Waals surface area contributed by atoms with Crippen molar-refractivity contribution in [2.75, 3.05) is 6.61 Å². The highest BCUT2D eigenvalue weighted by atomic mass is 16.6. The molecule has 0 radical (unpaired) electrons. The van der Waals surface area contributed by atoms with Crippen LogP contribution in [0.15, 0.2) is 6.07 Å². The number of ether oxygens (including phenoxy) is 1. The number of hydrogen-bond acceptors (Lipinski definition) is 5. The lowest BCUT2D eigenvalue weighted by molar-refractivity contribution is -0.385.